The van der Waals surface area contributed by atoms with Gasteiger partial charge in [-0.1, -0.05) is 141 Å². The quantitative estimate of drug-likeness (QED) is 0.0145. The molecular formula is C48H61N3O7. The van der Waals surface area contributed by atoms with Gasteiger partial charge < -0.3 is 26.0 Å². The molecule has 0 radical (unpaired) electrons. The van der Waals surface area contributed by atoms with Crippen LogP contribution in [0.3, 0.4) is 0 Å². The van der Waals surface area contributed by atoms with Gasteiger partial charge >= 0.3 is 11.9 Å². The number of hydrogen-bond acceptors (Lipinski definition) is 7. The number of esters is 2. The fourth-order valence-corrected chi connectivity index (χ4v) is 5.93. The lowest BCUT2D eigenvalue weighted by Crippen LogP contribution is -2.25. The van der Waals surface area contributed by atoms with Gasteiger partial charge in [0.2, 0.25) is 0 Å². The zero-order valence-electron chi connectivity index (χ0n) is 35.4. The summed E-state index contributed by atoms with van der Waals surface area (Å²) in [7, 11) is 0. The van der Waals surface area contributed by atoms with Gasteiger partial charge in [-0.2, -0.15) is 0 Å². The Morgan fingerprint density at radius 3 is 1.78 bits per heavy atom. The average Bonchev–Trinajstić information content (AvgIpc) is 3.20. The zero-order valence-corrected chi connectivity index (χ0v) is 34.4. The summed E-state index contributed by atoms with van der Waals surface area (Å²) in [5, 5.41) is 13.6. The van der Waals surface area contributed by atoms with Gasteiger partial charge in [0.25, 0.3) is 5.97 Å². The van der Waals surface area contributed by atoms with Gasteiger partial charge in [0.05, 0.1) is 5.56 Å². The van der Waals surface area contributed by atoms with Gasteiger partial charge in [-0.25, -0.2) is 4.79 Å². The first-order chi connectivity index (χ1) is 28.2. The Morgan fingerprint density at radius 2 is 1.29 bits per heavy atom. The van der Waals surface area contributed by atoms with E-state index >= 15 is 0 Å². The molecule has 310 valence electrons. The minimum atomic E-state index is -0.833. The number of ether oxygens (including phenoxy) is 2. The van der Waals surface area contributed by atoms with Crippen molar-refractivity contribution in [3.05, 3.63) is 168 Å². The van der Waals surface area contributed by atoms with Crippen LogP contribution >= 0.6 is 0 Å². The van der Waals surface area contributed by atoms with Gasteiger partial charge in [-0.15, -0.1) is 13.2 Å². The van der Waals surface area contributed by atoms with Crippen molar-refractivity contribution in [2.45, 2.75) is 97.2 Å². The second-order valence-corrected chi connectivity index (χ2v) is 13.9. The first kappa shape index (κ1) is 47.9. The van der Waals surface area contributed by atoms with Crippen LogP contribution < -0.4 is 11.5 Å². The molecule has 0 aliphatic rings. The Hall–Kier alpha value is -6.29. The second kappa shape index (κ2) is 28.2. The van der Waals surface area contributed by atoms with E-state index in [4.69, 9.17) is 26.2 Å². The third-order valence-electron chi connectivity index (χ3n) is 8.26. The van der Waals surface area contributed by atoms with Crippen LogP contribution in [0.5, 0.6) is 0 Å². The van der Waals surface area contributed by atoms with Crippen molar-refractivity contribution < 1.29 is 35.2 Å². The molecule has 10 heteroatoms. The molecule has 0 fully saturated rings. The van der Waals surface area contributed by atoms with E-state index < -0.39 is 17.5 Å². The number of carboxylic acid groups (broad SMARTS) is 1. The minimum Gasteiger partial charge on any atom is -0.481 e. The van der Waals surface area contributed by atoms with Crippen molar-refractivity contribution >= 4 is 29.7 Å². The molecule has 4 aromatic rings. The van der Waals surface area contributed by atoms with E-state index in [-0.39, 0.29) is 30.2 Å². The Morgan fingerprint density at radius 1 is 0.793 bits per heavy atom. The van der Waals surface area contributed by atoms with Crippen LogP contribution in [0.4, 0.5) is 0 Å². The number of Topliss-reactive ketones (excluding diaryl/α,β-unsaturated/α-hetero) is 1. The first-order valence-corrected chi connectivity index (χ1v) is 19.3. The highest BCUT2D eigenvalue weighted by Crippen LogP contribution is 2.36. The number of nitrogens with one attached hydrogen (secondary N) is 1. The number of aliphatic carboxylic acids is 1. The summed E-state index contributed by atoms with van der Waals surface area (Å²) in [5.74, 6) is -2.11. The summed E-state index contributed by atoms with van der Waals surface area (Å²) in [4.78, 5) is 46.9. The molecule has 0 aromatic heterocycles. The average molecular weight is 793 g/mol. The lowest BCUT2D eigenvalue weighted by atomic mass is 9.81. The van der Waals surface area contributed by atoms with Crippen molar-refractivity contribution in [1.29, 1.82) is 5.41 Å². The number of guanidine groups is 1. The van der Waals surface area contributed by atoms with E-state index in [1.54, 1.807) is 17.9 Å². The number of hydrogen-bond donors (Lipinski definition) is 4. The molecule has 4 aromatic carbocycles. The monoisotopic (exact) mass is 792 g/mol. The van der Waals surface area contributed by atoms with Gasteiger partial charge in [-0.3, -0.25) is 19.8 Å². The number of nitrogens with two attached hydrogens (primary N) is 2. The summed E-state index contributed by atoms with van der Waals surface area (Å²) < 4.78 is 16.9. The van der Waals surface area contributed by atoms with Crippen molar-refractivity contribution in [1.82, 2.24) is 0 Å². The number of benzene rings is 4. The molecule has 0 heterocycles. The van der Waals surface area contributed by atoms with E-state index in [1.807, 2.05) is 98.8 Å². The number of rotatable bonds is 18. The van der Waals surface area contributed by atoms with Crippen LogP contribution in [0.1, 0.15) is 128 Å². The third kappa shape index (κ3) is 21.1. The van der Waals surface area contributed by atoms with E-state index in [0.29, 0.717) is 24.0 Å². The van der Waals surface area contributed by atoms with E-state index in [9.17, 15) is 14.4 Å². The summed E-state index contributed by atoms with van der Waals surface area (Å²) in [6, 6.07) is 35.5. The number of ketones is 1. The maximum absolute atomic E-state index is 13.8. The van der Waals surface area contributed by atoms with Crippen LogP contribution in [0, 0.1) is 5.41 Å². The fourth-order valence-electron chi connectivity index (χ4n) is 5.93. The molecule has 0 aliphatic carbocycles. The highest BCUT2D eigenvalue weighted by atomic mass is 16.6. The largest absolute Gasteiger partial charge is 0.481 e. The highest BCUT2D eigenvalue weighted by Gasteiger charge is 2.28. The molecule has 0 saturated heterocycles. The van der Waals surface area contributed by atoms with E-state index in [0.717, 1.165) is 67.7 Å². The van der Waals surface area contributed by atoms with Crippen LogP contribution in [-0.2, 0) is 25.7 Å². The smallest absolute Gasteiger partial charge is 0.339 e. The lowest BCUT2D eigenvalue weighted by molar-refractivity contribution is -0.153. The normalized spacial score (nSPS) is 10.3. The Bertz CT molecular complexity index is 1840. The number of carbonyl (C=O) groups is 4. The molecule has 0 unspecified atom stereocenters. The van der Waals surface area contributed by atoms with E-state index in [1.165, 1.54) is 6.92 Å². The van der Waals surface area contributed by atoms with Crippen LogP contribution in [0.2, 0.25) is 1.41 Å². The van der Waals surface area contributed by atoms with Crippen molar-refractivity contribution in [3.8, 4) is 0 Å². The van der Waals surface area contributed by atoms with Gasteiger partial charge in [0, 0.05) is 38.2 Å². The number of allylic oxidation sites excluding steroid dienone is 1. The maximum Gasteiger partial charge on any atom is 0.339 e. The Balaban J connectivity index is 0.000000760. The first-order valence-electron chi connectivity index (χ1n) is 19.8. The zero-order chi connectivity index (χ0) is 44.1. The standard InChI is InChI=1S/C37H38O3.C8H14O2.C2H4O2.CH5N3/c1-2-3-4-5-6-7-17-27-34(38)32-25-18-26-33(36(32)37(39)40-28-29-19-11-8-12-20-29)35(30-21-13-9-14-22-30)31-23-15-10-16-24-31;1-5-6-8(3,4)10-7(2)9;1-2(3)4;2-1(3)4/h2,8-16,18-26,35H,1,3-7,17,27-28H2;5H,1,6H2,2-4H3;1H3,(H,3,4);(H5,2,3,4)/i/hD. The third-order valence-corrected chi connectivity index (χ3v) is 8.26. The summed E-state index contributed by atoms with van der Waals surface area (Å²) in [6.07, 6.45) is 11.0. The topological polar surface area (TPSA) is 183 Å². The SMILES string of the molecule is C=CCC(C)(C)OC(C)=O.C=CCCCCCCCC(=O)c1cccc(C(c2ccccc2)c2ccccc2)c1C(=O)OCc1ccccc1.CC(=O)O.[2H]NC(=N)N. The summed E-state index contributed by atoms with van der Waals surface area (Å²) in [6.45, 7) is 13.7. The van der Waals surface area contributed by atoms with E-state index in [2.05, 4.69) is 43.2 Å². The molecule has 0 amide bonds. The molecule has 58 heavy (non-hydrogen) atoms. The number of carbonyl (C=O) groups excluding carboxylic acids is 3. The second-order valence-electron chi connectivity index (χ2n) is 13.9. The number of unbranched alkanes of at least 4 members (excludes halogenated alkanes) is 5. The molecule has 6 N–H and O–H groups in total. The van der Waals surface area contributed by atoms with Crippen LogP contribution in [0.15, 0.2) is 135 Å². The van der Waals surface area contributed by atoms with Gasteiger partial charge in [-0.05, 0) is 55.4 Å². The maximum atomic E-state index is 13.8. The van der Waals surface area contributed by atoms with Crippen molar-refractivity contribution in [3.63, 3.8) is 0 Å². The van der Waals surface area contributed by atoms with Crippen LogP contribution in [0.25, 0.3) is 0 Å². The molecule has 0 aliphatic heterocycles. The minimum absolute atomic E-state index is 0.0144. The molecule has 10 nitrogen and oxygen atoms in total. The molecule has 0 bridgehead atoms. The Labute approximate surface area is 345 Å². The number of carboxylic acids is 1. The molecule has 0 atom stereocenters. The molecular weight excluding hydrogens is 731 g/mol. The molecule has 4 rings (SSSR count). The van der Waals surface area contributed by atoms with Crippen LogP contribution in [-0.4, -0.2) is 40.4 Å². The van der Waals surface area contributed by atoms with Crippen molar-refractivity contribution in [2.75, 3.05) is 0 Å². The Kier molecular flexibility index (Phi) is 23.2. The predicted molar refractivity (Wildman–Crippen MR) is 233 cm³/mol. The van der Waals surface area contributed by atoms with Gasteiger partial charge in [0.15, 0.2) is 13.2 Å². The summed E-state index contributed by atoms with van der Waals surface area (Å²) >= 11 is 0. The molecule has 0 spiro atoms. The fraction of sp³-hybridized carbons (Fsp3) is 0.312. The van der Waals surface area contributed by atoms with Crippen molar-refractivity contribution in [2.24, 2.45) is 11.5 Å². The van der Waals surface area contributed by atoms with Gasteiger partial charge in [0.1, 0.15) is 12.2 Å². The lowest BCUT2D eigenvalue weighted by Gasteiger charge is -2.23. The predicted octanol–water partition coefficient (Wildman–Crippen LogP) is 10.2. The molecule has 0 saturated carbocycles. The highest BCUT2D eigenvalue weighted by molar-refractivity contribution is 6.07. The summed E-state index contributed by atoms with van der Waals surface area (Å²) in [5.41, 5.74) is 10.4.